The SMILES string of the molecule is CN(C)CCOc1ccc(C(=O)N[C@H]2CCc3c(F)cccc32)cn1. The summed E-state index contributed by atoms with van der Waals surface area (Å²) in [6.45, 7) is 1.33. The third-order valence-electron chi connectivity index (χ3n) is 4.31. The maximum Gasteiger partial charge on any atom is 0.253 e. The zero-order valence-electron chi connectivity index (χ0n) is 14.5. The number of likely N-dealkylation sites (N-methyl/N-ethyl adjacent to an activating group) is 1. The van der Waals surface area contributed by atoms with Crippen LogP contribution in [0.25, 0.3) is 0 Å². The lowest BCUT2D eigenvalue weighted by Gasteiger charge is -2.14. The normalized spacial score (nSPS) is 15.9. The first-order valence-corrected chi connectivity index (χ1v) is 8.36. The lowest BCUT2D eigenvalue weighted by atomic mass is 10.1. The number of fused-ring (bicyclic) bond motifs is 1. The summed E-state index contributed by atoms with van der Waals surface area (Å²) < 4.78 is 19.3. The average molecular weight is 343 g/mol. The van der Waals surface area contributed by atoms with Crippen molar-refractivity contribution in [3.05, 3.63) is 59.0 Å². The van der Waals surface area contributed by atoms with E-state index < -0.39 is 0 Å². The number of carbonyl (C=O) groups excluding carboxylic acids is 1. The zero-order chi connectivity index (χ0) is 17.8. The number of hydrogen-bond donors (Lipinski definition) is 1. The van der Waals surface area contributed by atoms with Gasteiger partial charge in [0, 0.05) is 18.8 Å². The van der Waals surface area contributed by atoms with Crippen molar-refractivity contribution < 1.29 is 13.9 Å². The van der Waals surface area contributed by atoms with Gasteiger partial charge >= 0.3 is 0 Å². The van der Waals surface area contributed by atoms with Crippen LogP contribution in [0.1, 0.15) is 33.9 Å². The molecule has 0 radical (unpaired) electrons. The summed E-state index contributed by atoms with van der Waals surface area (Å²) in [6.07, 6.45) is 2.85. The molecule has 1 aromatic carbocycles. The fourth-order valence-corrected chi connectivity index (χ4v) is 2.93. The summed E-state index contributed by atoms with van der Waals surface area (Å²) in [6, 6.07) is 8.23. The Hall–Kier alpha value is -2.47. The molecule has 1 aromatic heterocycles. The molecule has 1 atom stereocenters. The van der Waals surface area contributed by atoms with Gasteiger partial charge in [0.1, 0.15) is 12.4 Å². The van der Waals surface area contributed by atoms with Crippen LogP contribution in [-0.4, -0.2) is 43.0 Å². The Morgan fingerprint density at radius 3 is 2.92 bits per heavy atom. The molecule has 6 heteroatoms. The molecule has 1 heterocycles. The van der Waals surface area contributed by atoms with Crippen LogP contribution >= 0.6 is 0 Å². The molecule has 0 aliphatic heterocycles. The monoisotopic (exact) mass is 343 g/mol. The maximum atomic E-state index is 13.8. The number of hydrogen-bond acceptors (Lipinski definition) is 4. The number of nitrogens with zero attached hydrogens (tertiary/aromatic N) is 2. The number of amides is 1. The van der Waals surface area contributed by atoms with Gasteiger partial charge in [-0.1, -0.05) is 12.1 Å². The van der Waals surface area contributed by atoms with Crippen LogP contribution in [0.3, 0.4) is 0 Å². The van der Waals surface area contributed by atoms with E-state index in [1.165, 1.54) is 12.3 Å². The quantitative estimate of drug-likeness (QED) is 0.876. The standard InChI is InChI=1S/C19H22FN3O2/c1-23(2)10-11-25-18-9-6-13(12-21-18)19(24)22-17-8-7-14-15(17)4-3-5-16(14)20/h3-6,9,12,17H,7-8,10-11H2,1-2H3,(H,22,24)/t17-/m0/s1. The molecule has 0 bridgehead atoms. The minimum atomic E-state index is -0.213. The van der Waals surface area contributed by atoms with Crippen LogP contribution in [0.2, 0.25) is 0 Å². The van der Waals surface area contributed by atoms with Gasteiger partial charge in [0.25, 0.3) is 5.91 Å². The van der Waals surface area contributed by atoms with Gasteiger partial charge in [-0.3, -0.25) is 4.79 Å². The zero-order valence-corrected chi connectivity index (χ0v) is 14.5. The van der Waals surface area contributed by atoms with Gasteiger partial charge in [-0.2, -0.15) is 0 Å². The number of benzene rings is 1. The molecule has 0 fully saturated rings. The Labute approximate surface area is 146 Å². The van der Waals surface area contributed by atoms with Crippen molar-refractivity contribution in [1.82, 2.24) is 15.2 Å². The van der Waals surface area contributed by atoms with Gasteiger partial charge < -0.3 is 15.0 Å². The van der Waals surface area contributed by atoms with Crippen LogP contribution in [0.15, 0.2) is 36.5 Å². The van der Waals surface area contributed by atoms with E-state index in [1.807, 2.05) is 25.1 Å². The van der Waals surface area contributed by atoms with Crippen molar-refractivity contribution in [3.63, 3.8) is 0 Å². The Bertz CT molecular complexity index is 747. The van der Waals surface area contributed by atoms with Gasteiger partial charge in [-0.25, -0.2) is 9.37 Å². The van der Waals surface area contributed by atoms with Crippen molar-refractivity contribution in [2.75, 3.05) is 27.2 Å². The van der Waals surface area contributed by atoms with Gasteiger partial charge in [0.15, 0.2) is 0 Å². The highest BCUT2D eigenvalue weighted by molar-refractivity contribution is 5.94. The molecule has 1 amide bonds. The minimum absolute atomic E-state index is 0.158. The van der Waals surface area contributed by atoms with E-state index in [-0.39, 0.29) is 17.8 Å². The molecule has 1 aliphatic rings. The summed E-state index contributed by atoms with van der Waals surface area (Å²) in [5.41, 5.74) is 2.03. The highest BCUT2D eigenvalue weighted by Crippen LogP contribution is 2.32. The number of halogens is 1. The first-order valence-electron chi connectivity index (χ1n) is 8.36. The minimum Gasteiger partial charge on any atom is -0.476 e. The van der Waals surface area contributed by atoms with Crippen LogP contribution in [0.5, 0.6) is 5.88 Å². The van der Waals surface area contributed by atoms with Crippen molar-refractivity contribution >= 4 is 5.91 Å². The number of rotatable bonds is 6. The van der Waals surface area contributed by atoms with E-state index in [2.05, 4.69) is 10.3 Å². The molecule has 0 saturated carbocycles. The molecule has 0 saturated heterocycles. The molecule has 3 rings (SSSR count). The molecule has 5 nitrogen and oxygen atoms in total. The Morgan fingerprint density at radius 2 is 2.20 bits per heavy atom. The topological polar surface area (TPSA) is 54.5 Å². The Morgan fingerprint density at radius 1 is 1.36 bits per heavy atom. The maximum absolute atomic E-state index is 13.8. The van der Waals surface area contributed by atoms with E-state index >= 15 is 0 Å². The smallest absolute Gasteiger partial charge is 0.253 e. The Balaban J connectivity index is 1.60. The van der Waals surface area contributed by atoms with Crippen molar-refractivity contribution in [3.8, 4) is 5.88 Å². The first kappa shape index (κ1) is 17.4. The molecule has 0 spiro atoms. The molecule has 132 valence electrons. The molecule has 2 aromatic rings. The Kier molecular flexibility index (Phi) is 5.28. The van der Waals surface area contributed by atoms with E-state index in [1.54, 1.807) is 18.2 Å². The number of carbonyl (C=O) groups is 1. The second-order valence-corrected chi connectivity index (χ2v) is 6.41. The fraction of sp³-hybridized carbons (Fsp3) is 0.368. The number of pyridine rings is 1. The first-order chi connectivity index (χ1) is 12.0. The van der Waals surface area contributed by atoms with Crippen LogP contribution in [0, 0.1) is 5.82 Å². The summed E-state index contributed by atoms with van der Waals surface area (Å²) in [5, 5.41) is 2.96. The van der Waals surface area contributed by atoms with E-state index in [4.69, 9.17) is 4.74 Å². The summed E-state index contributed by atoms with van der Waals surface area (Å²) >= 11 is 0. The lowest BCUT2D eigenvalue weighted by molar-refractivity contribution is 0.0936. The van der Waals surface area contributed by atoms with Crippen LogP contribution in [0.4, 0.5) is 4.39 Å². The van der Waals surface area contributed by atoms with E-state index in [9.17, 15) is 9.18 Å². The van der Waals surface area contributed by atoms with Crippen molar-refractivity contribution in [1.29, 1.82) is 0 Å². The molecular weight excluding hydrogens is 321 g/mol. The number of ether oxygens (including phenoxy) is 1. The van der Waals surface area contributed by atoms with E-state index in [0.717, 1.165) is 12.1 Å². The molecule has 0 unspecified atom stereocenters. The highest BCUT2D eigenvalue weighted by Gasteiger charge is 2.26. The lowest BCUT2D eigenvalue weighted by Crippen LogP contribution is -2.27. The largest absolute Gasteiger partial charge is 0.476 e. The highest BCUT2D eigenvalue weighted by atomic mass is 19.1. The predicted molar refractivity (Wildman–Crippen MR) is 93.2 cm³/mol. The third-order valence-corrected chi connectivity index (χ3v) is 4.31. The summed E-state index contributed by atoms with van der Waals surface area (Å²) in [4.78, 5) is 18.6. The molecule has 25 heavy (non-hydrogen) atoms. The van der Waals surface area contributed by atoms with Crippen molar-refractivity contribution in [2.45, 2.75) is 18.9 Å². The predicted octanol–water partition coefficient (Wildman–Crippen LogP) is 2.58. The molecule has 1 aliphatic carbocycles. The second kappa shape index (κ2) is 7.61. The summed E-state index contributed by atoms with van der Waals surface area (Å²) in [7, 11) is 3.94. The van der Waals surface area contributed by atoms with E-state index in [0.29, 0.717) is 36.5 Å². The van der Waals surface area contributed by atoms with Gasteiger partial charge in [-0.15, -0.1) is 0 Å². The number of aromatic nitrogens is 1. The van der Waals surface area contributed by atoms with Gasteiger partial charge in [0.2, 0.25) is 5.88 Å². The van der Waals surface area contributed by atoms with Crippen molar-refractivity contribution in [2.24, 2.45) is 0 Å². The summed E-state index contributed by atoms with van der Waals surface area (Å²) in [5.74, 6) is 0.0799. The molecule has 1 N–H and O–H groups in total. The average Bonchev–Trinajstić information content (AvgIpc) is 2.99. The second-order valence-electron chi connectivity index (χ2n) is 6.41. The number of nitrogens with one attached hydrogen (secondary N) is 1. The fourth-order valence-electron chi connectivity index (χ4n) is 2.93. The third kappa shape index (κ3) is 4.14. The van der Waals surface area contributed by atoms with Gasteiger partial charge in [-0.05, 0) is 50.2 Å². The van der Waals surface area contributed by atoms with Crippen LogP contribution < -0.4 is 10.1 Å². The molecular formula is C19H22FN3O2. The van der Waals surface area contributed by atoms with Crippen LogP contribution in [-0.2, 0) is 6.42 Å². The van der Waals surface area contributed by atoms with Gasteiger partial charge in [0.05, 0.1) is 11.6 Å².